The molecular weight excluding hydrogens is 226 g/mol. The Bertz CT molecular complexity index is 485. The van der Waals surface area contributed by atoms with Crippen LogP contribution in [0.1, 0.15) is 29.6 Å². The van der Waals surface area contributed by atoms with Gasteiger partial charge in [-0.2, -0.15) is 5.10 Å². The molecule has 0 bridgehead atoms. The molecule has 18 heavy (non-hydrogen) atoms. The van der Waals surface area contributed by atoms with Crippen LogP contribution >= 0.6 is 0 Å². The highest BCUT2D eigenvalue weighted by atomic mass is 16.3. The largest absolute Gasteiger partial charge is 0.468 e. The molecule has 0 aliphatic carbocycles. The number of rotatable bonds is 6. The minimum Gasteiger partial charge on any atom is -0.468 e. The first-order valence-electron chi connectivity index (χ1n) is 6.48. The van der Waals surface area contributed by atoms with Crippen LogP contribution in [-0.4, -0.2) is 16.3 Å². The predicted octanol–water partition coefficient (Wildman–Crippen LogP) is 2.45. The Balaban J connectivity index is 1.83. The highest BCUT2D eigenvalue weighted by Gasteiger charge is 2.08. The minimum absolute atomic E-state index is 0.771. The van der Waals surface area contributed by atoms with E-state index in [2.05, 4.69) is 35.9 Å². The van der Waals surface area contributed by atoms with Gasteiger partial charge in [0, 0.05) is 12.2 Å². The van der Waals surface area contributed by atoms with Crippen molar-refractivity contribution < 1.29 is 4.42 Å². The third-order valence-electron chi connectivity index (χ3n) is 3.26. The Hall–Kier alpha value is -1.55. The zero-order chi connectivity index (χ0) is 13.0. The van der Waals surface area contributed by atoms with Gasteiger partial charge in [0.15, 0.2) is 0 Å². The van der Waals surface area contributed by atoms with Crippen LogP contribution in [0.4, 0.5) is 0 Å². The maximum absolute atomic E-state index is 5.27. The van der Waals surface area contributed by atoms with Crippen LogP contribution in [0, 0.1) is 13.8 Å². The first kappa shape index (κ1) is 12.9. The molecule has 0 aliphatic rings. The fourth-order valence-corrected chi connectivity index (χ4v) is 2.27. The molecule has 0 fully saturated rings. The molecule has 0 amide bonds. The summed E-state index contributed by atoms with van der Waals surface area (Å²) in [5, 5.41) is 7.92. The SMILES string of the molecule is CCc1c(C)nn(CCNCc2ccco2)c1C. The van der Waals surface area contributed by atoms with Gasteiger partial charge in [0.25, 0.3) is 0 Å². The van der Waals surface area contributed by atoms with E-state index in [1.807, 2.05) is 12.1 Å². The van der Waals surface area contributed by atoms with E-state index in [1.165, 1.54) is 11.3 Å². The van der Waals surface area contributed by atoms with Crippen molar-refractivity contribution >= 4 is 0 Å². The van der Waals surface area contributed by atoms with Crippen LogP contribution in [0.25, 0.3) is 0 Å². The van der Waals surface area contributed by atoms with Crippen LogP contribution in [0.2, 0.25) is 0 Å². The van der Waals surface area contributed by atoms with E-state index in [1.54, 1.807) is 6.26 Å². The smallest absolute Gasteiger partial charge is 0.117 e. The second-order valence-corrected chi connectivity index (χ2v) is 4.48. The standard InChI is InChI=1S/C14H21N3O/c1-4-14-11(2)16-17(12(14)3)8-7-15-10-13-6-5-9-18-13/h5-6,9,15H,4,7-8,10H2,1-3H3. The maximum Gasteiger partial charge on any atom is 0.117 e. The molecule has 2 aromatic heterocycles. The summed E-state index contributed by atoms with van der Waals surface area (Å²) in [4.78, 5) is 0. The van der Waals surface area contributed by atoms with Gasteiger partial charge in [0.1, 0.15) is 5.76 Å². The molecule has 2 rings (SSSR count). The van der Waals surface area contributed by atoms with E-state index in [0.29, 0.717) is 0 Å². The van der Waals surface area contributed by atoms with Gasteiger partial charge in [-0.3, -0.25) is 4.68 Å². The Morgan fingerprint density at radius 1 is 1.39 bits per heavy atom. The molecule has 0 radical (unpaired) electrons. The molecule has 0 unspecified atom stereocenters. The zero-order valence-electron chi connectivity index (χ0n) is 11.4. The molecule has 0 saturated carbocycles. The average molecular weight is 247 g/mol. The lowest BCUT2D eigenvalue weighted by Gasteiger charge is -2.06. The summed E-state index contributed by atoms with van der Waals surface area (Å²) >= 11 is 0. The van der Waals surface area contributed by atoms with Crippen molar-refractivity contribution in [3.05, 3.63) is 41.1 Å². The summed E-state index contributed by atoms with van der Waals surface area (Å²) in [7, 11) is 0. The minimum atomic E-state index is 0.771. The number of aromatic nitrogens is 2. The number of aryl methyl sites for hydroxylation is 1. The molecule has 0 aliphatic heterocycles. The van der Waals surface area contributed by atoms with Crippen LogP contribution in [0.15, 0.2) is 22.8 Å². The fourth-order valence-electron chi connectivity index (χ4n) is 2.27. The lowest BCUT2D eigenvalue weighted by atomic mass is 10.1. The third kappa shape index (κ3) is 2.82. The van der Waals surface area contributed by atoms with Crippen molar-refractivity contribution in [2.24, 2.45) is 0 Å². The molecular formula is C14H21N3O. The average Bonchev–Trinajstić information content (AvgIpc) is 2.94. The molecule has 0 atom stereocenters. The number of furan rings is 1. The number of hydrogen-bond acceptors (Lipinski definition) is 3. The summed E-state index contributed by atoms with van der Waals surface area (Å²) in [6, 6.07) is 3.89. The first-order chi connectivity index (χ1) is 8.72. The molecule has 2 aromatic rings. The molecule has 0 saturated heterocycles. The van der Waals surface area contributed by atoms with Crippen molar-refractivity contribution in [2.75, 3.05) is 6.54 Å². The van der Waals surface area contributed by atoms with Gasteiger partial charge < -0.3 is 9.73 Å². The normalized spacial score (nSPS) is 11.1. The van der Waals surface area contributed by atoms with Gasteiger partial charge >= 0.3 is 0 Å². The lowest BCUT2D eigenvalue weighted by Crippen LogP contribution is -2.20. The third-order valence-corrected chi connectivity index (χ3v) is 3.26. The van der Waals surface area contributed by atoms with Gasteiger partial charge in [-0.15, -0.1) is 0 Å². The summed E-state index contributed by atoms with van der Waals surface area (Å²) in [5.74, 6) is 0.970. The highest BCUT2D eigenvalue weighted by molar-refractivity contribution is 5.24. The van der Waals surface area contributed by atoms with Gasteiger partial charge in [-0.1, -0.05) is 6.92 Å². The molecule has 0 aromatic carbocycles. The van der Waals surface area contributed by atoms with Crippen molar-refractivity contribution in [3.63, 3.8) is 0 Å². The topological polar surface area (TPSA) is 43.0 Å². The predicted molar refractivity (Wildman–Crippen MR) is 71.5 cm³/mol. The van der Waals surface area contributed by atoms with Crippen molar-refractivity contribution in [3.8, 4) is 0 Å². The van der Waals surface area contributed by atoms with Gasteiger partial charge in [0.2, 0.25) is 0 Å². The summed E-state index contributed by atoms with van der Waals surface area (Å²) in [6.45, 7) is 8.96. The quantitative estimate of drug-likeness (QED) is 0.797. The molecule has 4 nitrogen and oxygen atoms in total. The Labute approximate surface area is 108 Å². The van der Waals surface area contributed by atoms with Gasteiger partial charge in [-0.25, -0.2) is 0 Å². The second kappa shape index (κ2) is 5.87. The molecule has 2 heterocycles. The lowest BCUT2D eigenvalue weighted by molar-refractivity contribution is 0.468. The van der Waals surface area contributed by atoms with Crippen molar-refractivity contribution in [1.29, 1.82) is 0 Å². The fraction of sp³-hybridized carbons (Fsp3) is 0.500. The molecule has 4 heteroatoms. The van der Waals surface area contributed by atoms with Crippen molar-refractivity contribution in [2.45, 2.75) is 40.3 Å². The summed E-state index contributed by atoms with van der Waals surface area (Å²) < 4.78 is 7.35. The van der Waals surface area contributed by atoms with Crippen LogP contribution in [-0.2, 0) is 19.5 Å². The zero-order valence-corrected chi connectivity index (χ0v) is 11.4. The van der Waals surface area contributed by atoms with E-state index in [4.69, 9.17) is 4.42 Å². The summed E-state index contributed by atoms with van der Waals surface area (Å²) in [6.07, 6.45) is 2.75. The van der Waals surface area contributed by atoms with E-state index < -0.39 is 0 Å². The molecule has 98 valence electrons. The van der Waals surface area contributed by atoms with Gasteiger partial charge in [-0.05, 0) is 38.0 Å². The van der Waals surface area contributed by atoms with E-state index in [0.717, 1.165) is 37.5 Å². The van der Waals surface area contributed by atoms with Crippen molar-refractivity contribution in [1.82, 2.24) is 15.1 Å². The number of nitrogens with one attached hydrogen (secondary N) is 1. The molecule has 0 spiro atoms. The maximum atomic E-state index is 5.27. The Kier molecular flexibility index (Phi) is 4.20. The Morgan fingerprint density at radius 2 is 2.22 bits per heavy atom. The van der Waals surface area contributed by atoms with Gasteiger partial charge in [0.05, 0.1) is 25.0 Å². The first-order valence-corrected chi connectivity index (χ1v) is 6.48. The Morgan fingerprint density at radius 3 is 2.83 bits per heavy atom. The second-order valence-electron chi connectivity index (χ2n) is 4.48. The van der Waals surface area contributed by atoms with E-state index in [-0.39, 0.29) is 0 Å². The van der Waals surface area contributed by atoms with Crippen LogP contribution in [0.5, 0.6) is 0 Å². The summed E-state index contributed by atoms with van der Waals surface area (Å²) in [5.41, 5.74) is 3.82. The van der Waals surface area contributed by atoms with Crippen LogP contribution in [0.3, 0.4) is 0 Å². The van der Waals surface area contributed by atoms with Crippen LogP contribution < -0.4 is 5.32 Å². The monoisotopic (exact) mass is 247 g/mol. The van der Waals surface area contributed by atoms with E-state index >= 15 is 0 Å². The number of nitrogens with zero attached hydrogens (tertiary/aromatic N) is 2. The van der Waals surface area contributed by atoms with E-state index in [9.17, 15) is 0 Å². The highest BCUT2D eigenvalue weighted by Crippen LogP contribution is 2.12. The number of hydrogen-bond donors (Lipinski definition) is 1. The molecule has 1 N–H and O–H groups in total.